The molecule has 5 nitrogen and oxygen atoms in total. The molecule has 5 saturated carbocycles. The lowest BCUT2D eigenvalue weighted by molar-refractivity contribution is -0.251. The number of fused-ring (bicyclic) bond motifs is 7. The number of allylic oxidation sites excluding steroid dienone is 1. The topological polar surface area (TPSA) is 72.8 Å². The molecule has 45 heavy (non-hydrogen) atoms. The Hall–Kier alpha value is -1.62. The fourth-order valence-electron chi connectivity index (χ4n) is 13.0. The fraction of sp³-hybridized carbons (Fsp3) is 0.850. The largest absolute Gasteiger partial charge is 0.462 e. The molecule has 254 valence electrons. The average Bonchev–Trinajstić information content (AvgIpc) is 3.34. The first-order chi connectivity index (χ1) is 20.9. The van der Waals surface area contributed by atoms with Gasteiger partial charge in [0.05, 0.1) is 12.8 Å². The number of hydrogen-bond donors (Lipinski definition) is 1. The minimum absolute atomic E-state index is 0.0858. The second-order valence-corrected chi connectivity index (χ2v) is 18.5. The van der Waals surface area contributed by atoms with Crippen molar-refractivity contribution in [3.8, 4) is 0 Å². The van der Waals surface area contributed by atoms with Gasteiger partial charge in [-0.25, -0.2) is 0 Å². The van der Waals surface area contributed by atoms with Gasteiger partial charge in [-0.3, -0.25) is 9.59 Å². The van der Waals surface area contributed by atoms with Crippen molar-refractivity contribution in [1.82, 2.24) is 0 Å². The van der Waals surface area contributed by atoms with Gasteiger partial charge in [-0.1, -0.05) is 73.3 Å². The highest BCUT2D eigenvalue weighted by Crippen LogP contribution is 2.77. The molecule has 0 heterocycles. The summed E-state index contributed by atoms with van der Waals surface area (Å²) in [5, 5.41) is 10.8. The molecule has 10 atom stereocenters. The Morgan fingerprint density at radius 2 is 1.56 bits per heavy atom. The number of hydrogen-bond acceptors (Lipinski definition) is 5. The lowest BCUT2D eigenvalue weighted by atomic mass is 9.32. The lowest BCUT2D eigenvalue weighted by Gasteiger charge is -2.73. The maximum Gasteiger partial charge on any atom is 0.306 e. The quantitative estimate of drug-likeness (QED) is 0.205. The van der Waals surface area contributed by atoms with Gasteiger partial charge in [-0.15, -0.1) is 0 Å². The van der Waals surface area contributed by atoms with Crippen LogP contribution >= 0.6 is 0 Å². The molecule has 0 bridgehead atoms. The summed E-state index contributed by atoms with van der Waals surface area (Å²) in [5.74, 6) is 2.37. The number of ether oxygens (including phenoxy) is 2. The lowest BCUT2D eigenvalue weighted by Crippen LogP contribution is -2.67. The summed E-state index contributed by atoms with van der Waals surface area (Å²) in [7, 11) is 0. The van der Waals surface area contributed by atoms with E-state index < -0.39 is 5.41 Å². The van der Waals surface area contributed by atoms with Crippen LogP contribution in [-0.2, 0) is 19.1 Å². The smallest absolute Gasteiger partial charge is 0.306 e. The molecule has 0 aromatic carbocycles. The van der Waals surface area contributed by atoms with Crippen LogP contribution in [0.1, 0.15) is 132 Å². The van der Waals surface area contributed by atoms with Gasteiger partial charge in [0, 0.05) is 12.0 Å². The molecule has 0 aliphatic heterocycles. The summed E-state index contributed by atoms with van der Waals surface area (Å²) >= 11 is 0. The van der Waals surface area contributed by atoms with Crippen LogP contribution in [-0.4, -0.2) is 36.4 Å². The third-order valence-corrected chi connectivity index (χ3v) is 15.4. The molecule has 5 rings (SSSR count). The van der Waals surface area contributed by atoms with Crippen molar-refractivity contribution < 1.29 is 24.2 Å². The monoisotopic (exact) mass is 624 g/mol. The molecule has 0 amide bonds. The molecule has 1 N–H and O–H groups in total. The van der Waals surface area contributed by atoms with Crippen LogP contribution in [0.4, 0.5) is 0 Å². The van der Waals surface area contributed by atoms with Crippen molar-refractivity contribution in [2.24, 2.45) is 62.1 Å². The molecular formula is C40H64O5. The van der Waals surface area contributed by atoms with Crippen LogP contribution in [0.3, 0.4) is 0 Å². The summed E-state index contributed by atoms with van der Waals surface area (Å²) < 4.78 is 11.5. The predicted octanol–water partition coefficient (Wildman–Crippen LogP) is 9.08. The Morgan fingerprint density at radius 1 is 0.867 bits per heavy atom. The first-order valence-corrected chi connectivity index (χ1v) is 18.1. The summed E-state index contributed by atoms with van der Waals surface area (Å²) in [6, 6.07) is 0. The molecule has 0 aromatic rings. The number of aliphatic hydroxyl groups is 1. The average molecular weight is 625 g/mol. The third kappa shape index (κ3) is 5.47. The molecule has 0 aromatic heterocycles. The molecule has 5 fully saturated rings. The number of aliphatic hydroxyl groups excluding tert-OH is 1. The van der Waals surface area contributed by atoms with Crippen molar-refractivity contribution in [2.75, 3.05) is 13.2 Å². The van der Waals surface area contributed by atoms with Crippen molar-refractivity contribution in [3.63, 3.8) is 0 Å². The van der Waals surface area contributed by atoms with Crippen LogP contribution < -0.4 is 0 Å². The maximum absolute atomic E-state index is 13.3. The van der Waals surface area contributed by atoms with Crippen LogP contribution in [0.25, 0.3) is 0 Å². The normalized spacial score (nSPS) is 43.6. The number of esters is 2. The van der Waals surface area contributed by atoms with E-state index in [1.54, 1.807) is 6.08 Å². The van der Waals surface area contributed by atoms with E-state index in [-0.39, 0.29) is 64.6 Å². The molecule has 5 heteroatoms. The first-order valence-electron chi connectivity index (χ1n) is 18.1. The van der Waals surface area contributed by atoms with Gasteiger partial charge in [0.2, 0.25) is 0 Å². The summed E-state index contributed by atoms with van der Waals surface area (Å²) in [6.45, 7) is 27.3. The summed E-state index contributed by atoms with van der Waals surface area (Å²) in [6.07, 6.45) is 13.5. The van der Waals surface area contributed by atoms with Gasteiger partial charge in [0.25, 0.3) is 0 Å². The van der Waals surface area contributed by atoms with E-state index >= 15 is 0 Å². The zero-order valence-corrected chi connectivity index (χ0v) is 29.9. The zero-order chi connectivity index (χ0) is 33.2. The second-order valence-electron chi connectivity index (χ2n) is 18.5. The molecular weight excluding hydrogens is 560 g/mol. The molecule has 5 aliphatic carbocycles. The number of carbonyl (C=O) groups excluding carboxylic acids is 2. The van der Waals surface area contributed by atoms with Crippen LogP contribution in [0.2, 0.25) is 0 Å². The van der Waals surface area contributed by atoms with E-state index in [0.717, 1.165) is 25.7 Å². The van der Waals surface area contributed by atoms with Crippen molar-refractivity contribution in [2.45, 2.75) is 139 Å². The number of carbonyl (C=O) groups is 2. The Labute approximate surface area is 274 Å². The predicted molar refractivity (Wildman–Crippen MR) is 180 cm³/mol. The molecule has 0 radical (unpaired) electrons. The van der Waals surface area contributed by atoms with Crippen LogP contribution in [0.15, 0.2) is 24.8 Å². The molecule has 5 aliphatic rings. The summed E-state index contributed by atoms with van der Waals surface area (Å²) in [5.41, 5.74) is 1.49. The SMILES string of the molecule is C=CCOC(=O)CC(C)(C)CC(=O)O[C@H]1CC[C@@]2(C)C(CC[C@]3(C)C2CC[C@@H]2C4C(C(=C)C)CC[C@]4(CO)CC[C@]23C)C1(C)C. The van der Waals surface area contributed by atoms with Crippen LogP contribution in [0.5, 0.6) is 0 Å². The van der Waals surface area contributed by atoms with Crippen molar-refractivity contribution in [1.29, 1.82) is 0 Å². The number of rotatable bonds is 9. The third-order valence-electron chi connectivity index (χ3n) is 15.4. The van der Waals surface area contributed by atoms with Crippen molar-refractivity contribution >= 4 is 11.9 Å². The van der Waals surface area contributed by atoms with E-state index in [4.69, 9.17) is 9.47 Å². The highest BCUT2D eigenvalue weighted by atomic mass is 16.5. The Balaban J connectivity index is 1.33. The molecule has 4 unspecified atom stereocenters. The Kier molecular flexibility index (Phi) is 9.11. The second kappa shape index (κ2) is 11.8. The molecule has 0 saturated heterocycles. The van der Waals surface area contributed by atoms with E-state index in [2.05, 4.69) is 54.7 Å². The van der Waals surface area contributed by atoms with E-state index in [1.165, 1.54) is 44.1 Å². The zero-order valence-electron chi connectivity index (χ0n) is 29.9. The van der Waals surface area contributed by atoms with E-state index in [9.17, 15) is 14.7 Å². The highest BCUT2D eigenvalue weighted by Gasteiger charge is 2.71. The fourth-order valence-corrected chi connectivity index (χ4v) is 13.0. The molecule has 0 spiro atoms. The minimum Gasteiger partial charge on any atom is -0.462 e. The highest BCUT2D eigenvalue weighted by molar-refractivity contribution is 5.74. The maximum atomic E-state index is 13.3. The van der Waals surface area contributed by atoms with E-state index in [0.29, 0.717) is 36.2 Å². The van der Waals surface area contributed by atoms with E-state index in [1.807, 2.05) is 13.8 Å². The first kappa shape index (κ1) is 34.7. The van der Waals surface area contributed by atoms with Gasteiger partial charge in [0.1, 0.15) is 12.7 Å². The van der Waals surface area contributed by atoms with Crippen molar-refractivity contribution in [3.05, 3.63) is 24.8 Å². The van der Waals surface area contributed by atoms with Gasteiger partial charge in [-0.2, -0.15) is 0 Å². The van der Waals surface area contributed by atoms with Gasteiger partial charge in [-0.05, 0) is 128 Å². The Bertz CT molecular complexity index is 1190. The van der Waals surface area contributed by atoms with Gasteiger partial charge >= 0.3 is 11.9 Å². The Morgan fingerprint density at radius 3 is 2.20 bits per heavy atom. The standard InChI is InChI=1S/C40H64O5/c1-11-22-44-32(42)23-35(4,5)24-33(43)45-31-16-17-37(8)29(36(31,6)7)15-18-39(10)30(37)13-12-28-34-27(26(2)3)14-19-40(34,25-41)21-20-38(28,39)9/h11,27-31,34,41H,1-2,12-25H2,3-10H3/t27?,28-,29?,30?,31+,34?,37+,38-,39-,40-/m1/s1. The minimum atomic E-state index is -0.528. The van der Waals surface area contributed by atoms with Crippen LogP contribution in [0, 0.1) is 62.1 Å². The van der Waals surface area contributed by atoms with Gasteiger partial charge in [0.15, 0.2) is 0 Å². The summed E-state index contributed by atoms with van der Waals surface area (Å²) in [4.78, 5) is 25.6. The van der Waals surface area contributed by atoms with Gasteiger partial charge < -0.3 is 14.6 Å².